The number of anilines is 1. The van der Waals surface area contributed by atoms with E-state index in [9.17, 15) is 0 Å². The van der Waals surface area contributed by atoms with Crippen molar-refractivity contribution in [2.75, 3.05) is 12.4 Å². The molecule has 0 unspecified atom stereocenters. The van der Waals surface area contributed by atoms with Gasteiger partial charge >= 0.3 is 0 Å². The van der Waals surface area contributed by atoms with E-state index in [1.54, 1.807) is 0 Å². The topological polar surface area (TPSA) is 12.0 Å². The Morgan fingerprint density at radius 1 is 0.889 bits per heavy atom. The van der Waals surface area contributed by atoms with Crippen molar-refractivity contribution in [2.45, 2.75) is 38.0 Å². The second-order valence-corrected chi connectivity index (χ2v) is 5.41. The molecule has 1 aliphatic rings. The van der Waals surface area contributed by atoms with Crippen molar-refractivity contribution in [3.05, 3.63) is 42.0 Å². The molecule has 94 valence electrons. The highest BCUT2D eigenvalue weighted by Crippen LogP contribution is 2.34. The summed E-state index contributed by atoms with van der Waals surface area (Å²) in [4.78, 5) is 0. The molecule has 1 aliphatic carbocycles. The van der Waals surface area contributed by atoms with Gasteiger partial charge in [0, 0.05) is 12.7 Å². The van der Waals surface area contributed by atoms with E-state index in [0.29, 0.717) is 0 Å². The summed E-state index contributed by atoms with van der Waals surface area (Å²) in [5.41, 5.74) is 2.73. The van der Waals surface area contributed by atoms with Crippen molar-refractivity contribution < 1.29 is 0 Å². The van der Waals surface area contributed by atoms with Gasteiger partial charge in [-0.2, -0.15) is 0 Å². The lowest BCUT2D eigenvalue weighted by atomic mass is 9.83. The van der Waals surface area contributed by atoms with Crippen molar-refractivity contribution in [3.8, 4) is 0 Å². The van der Waals surface area contributed by atoms with Crippen LogP contribution in [-0.4, -0.2) is 7.05 Å². The van der Waals surface area contributed by atoms with Crippen LogP contribution in [0.3, 0.4) is 0 Å². The highest BCUT2D eigenvalue weighted by Gasteiger charge is 2.15. The van der Waals surface area contributed by atoms with Crippen molar-refractivity contribution in [3.63, 3.8) is 0 Å². The minimum Gasteiger partial charge on any atom is -0.388 e. The first-order chi connectivity index (χ1) is 8.86. The standard InChI is InChI=1S/C17H21N/c1-18-17-10-9-14-7-8-15(11-16(14)12-17)13-5-3-2-4-6-13/h7-13,18H,2-6H2,1H3. The van der Waals surface area contributed by atoms with Gasteiger partial charge in [-0.25, -0.2) is 0 Å². The predicted octanol–water partition coefficient (Wildman–Crippen LogP) is 4.93. The van der Waals surface area contributed by atoms with Crippen LogP contribution in [0.1, 0.15) is 43.6 Å². The minimum atomic E-state index is 0.793. The fourth-order valence-corrected chi connectivity index (χ4v) is 3.11. The maximum Gasteiger partial charge on any atom is 0.0343 e. The first kappa shape index (κ1) is 11.6. The normalized spacial score (nSPS) is 16.9. The molecule has 1 fully saturated rings. The van der Waals surface area contributed by atoms with Gasteiger partial charge < -0.3 is 5.32 Å². The number of benzene rings is 2. The molecule has 1 saturated carbocycles. The number of rotatable bonds is 2. The molecule has 0 aliphatic heterocycles. The zero-order valence-corrected chi connectivity index (χ0v) is 11.1. The number of fused-ring (bicyclic) bond motifs is 1. The number of hydrogen-bond donors (Lipinski definition) is 1. The summed E-state index contributed by atoms with van der Waals surface area (Å²) in [5, 5.41) is 5.93. The van der Waals surface area contributed by atoms with Crippen LogP contribution in [0.2, 0.25) is 0 Å². The molecular formula is C17H21N. The van der Waals surface area contributed by atoms with E-state index in [-0.39, 0.29) is 0 Å². The summed E-state index contributed by atoms with van der Waals surface area (Å²) in [6, 6.07) is 13.6. The number of hydrogen-bond acceptors (Lipinski definition) is 1. The monoisotopic (exact) mass is 239 g/mol. The lowest BCUT2D eigenvalue weighted by molar-refractivity contribution is 0.444. The Kier molecular flexibility index (Phi) is 3.22. The van der Waals surface area contributed by atoms with Crippen molar-refractivity contribution in [1.82, 2.24) is 0 Å². The largest absolute Gasteiger partial charge is 0.388 e. The second kappa shape index (κ2) is 5.01. The molecular weight excluding hydrogens is 218 g/mol. The molecule has 1 nitrogen and oxygen atoms in total. The molecule has 2 aromatic carbocycles. The smallest absolute Gasteiger partial charge is 0.0343 e. The van der Waals surface area contributed by atoms with Gasteiger partial charge in [0.05, 0.1) is 0 Å². The summed E-state index contributed by atoms with van der Waals surface area (Å²) in [6.07, 6.45) is 6.97. The Hall–Kier alpha value is -1.50. The first-order valence-electron chi connectivity index (χ1n) is 7.08. The van der Waals surface area contributed by atoms with E-state index < -0.39 is 0 Å². The summed E-state index contributed by atoms with van der Waals surface area (Å²) < 4.78 is 0. The molecule has 0 atom stereocenters. The van der Waals surface area contributed by atoms with Gasteiger partial charge in [-0.05, 0) is 47.2 Å². The predicted molar refractivity (Wildman–Crippen MR) is 79.3 cm³/mol. The molecule has 0 amide bonds. The van der Waals surface area contributed by atoms with Gasteiger partial charge in [0.15, 0.2) is 0 Å². The summed E-state index contributed by atoms with van der Waals surface area (Å²) >= 11 is 0. The first-order valence-corrected chi connectivity index (χ1v) is 7.08. The third kappa shape index (κ3) is 2.22. The molecule has 1 heteroatoms. The molecule has 0 heterocycles. The highest BCUT2D eigenvalue weighted by molar-refractivity contribution is 5.86. The fourth-order valence-electron chi connectivity index (χ4n) is 3.11. The van der Waals surface area contributed by atoms with Crippen LogP contribution in [0.4, 0.5) is 5.69 Å². The van der Waals surface area contributed by atoms with Crippen molar-refractivity contribution >= 4 is 16.5 Å². The van der Waals surface area contributed by atoms with E-state index in [1.165, 1.54) is 54.1 Å². The fraction of sp³-hybridized carbons (Fsp3) is 0.412. The molecule has 1 N–H and O–H groups in total. The quantitative estimate of drug-likeness (QED) is 0.783. The van der Waals surface area contributed by atoms with E-state index in [2.05, 4.69) is 41.7 Å². The van der Waals surface area contributed by atoms with Crippen LogP contribution >= 0.6 is 0 Å². The molecule has 0 spiro atoms. The second-order valence-electron chi connectivity index (χ2n) is 5.41. The van der Waals surface area contributed by atoms with Crippen molar-refractivity contribution in [1.29, 1.82) is 0 Å². The van der Waals surface area contributed by atoms with E-state index in [4.69, 9.17) is 0 Å². The van der Waals surface area contributed by atoms with Crippen LogP contribution in [0.5, 0.6) is 0 Å². The van der Waals surface area contributed by atoms with E-state index in [1.807, 2.05) is 7.05 Å². The molecule has 0 aromatic heterocycles. The molecule has 0 bridgehead atoms. The molecule has 3 rings (SSSR count). The molecule has 2 aromatic rings. The average molecular weight is 239 g/mol. The molecule has 0 saturated heterocycles. The van der Waals surface area contributed by atoms with E-state index in [0.717, 1.165) is 5.92 Å². The van der Waals surface area contributed by atoms with Crippen LogP contribution in [0.15, 0.2) is 36.4 Å². The van der Waals surface area contributed by atoms with Gasteiger partial charge in [-0.15, -0.1) is 0 Å². The third-order valence-corrected chi connectivity index (χ3v) is 4.23. The van der Waals surface area contributed by atoms with Crippen LogP contribution in [-0.2, 0) is 0 Å². The Morgan fingerprint density at radius 3 is 2.44 bits per heavy atom. The summed E-state index contributed by atoms with van der Waals surface area (Å²) in [5.74, 6) is 0.793. The molecule has 18 heavy (non-hydrogen) atoms. The van der Waals surface area contributed by atoms with Crippen molar-refractivity contribution in [2.24, 2.45) is 0 Å². The minimum absolute atomic E-state index is 0.793. The molecule has 0 radical (unpaired) electrons. The van der Waals surface area contributed by atoms with Crippen LogP contribution < -0.4 is 5.32 Å². The number of nitrogens with one attached hydrogen (secondary N) is 1. The zero-order valence-electron chi connectivity index (χ0n) is 11.1. The zero-order chi connectivity index (χ0) is 12.4. The summed E-state index contributed by atoms with van der Waals surface area (Å²) in [7, 11) is 1.98. The lowest BCUT2D eigenvalue weighted by Gasteiger charge is -2.22. The summed E-state index contributed by atoms with van der Waals surface area (Å²) in [6.45, 7) is 0. The van der Waals surface area contributed by atoms with Gasteiger partial charge in [0.1, 0.15) is 0 Å². The highest BCUT2D eigenvalue weighted by atomic mass is 14.8. The Labute approximate surface area is 109 Å². The third-order valence-electron chi connectivity index (χ3n) is 4.23. The average Bonchev–Trinajstić information content (AvgIpc) is 2.47. The van der Waals surface area contributed by atoms with Crippen LogP contribution in [0.25, 0.3) is 10.8 Å². The maximum absolute atomic E-state index is 3.22. The maximum atomic E-state index is 3.22. The lowest BCUT2D eigenvalue weighted by Crippen LogP contribution is -2.04. The van der Waals surface area contributed by atoms with Gasteiger partial charge in [-0.3, -0.25) is 0 Å². The van der Waals surface area contributed by atoms with Gasteiger partial charge in [0.2, 0.25) is 0 Å². The Morgan fingerprint density at radius 2 is 1.67 bits per heavy atom. The Balaban J connectivity index is 1.97. The van der Waals surface area contributed by atoms with Crippen LogP contribution in [0, 0.1) is 0 Å². The van der Waals surface area contributed by atoms with Gasteiger partial charge in [0.25, 0.3) is 0 Å². The van der Waals surface area contributed by atoms with Gasteiger partial charge in [-0.1, -0.05) is 43.5 Å². The SMILES string of the molecule is CNc1ccc2ccc(C3CCCCC3)cc2c1. The van der Waals surface area contributed by atoms with E-state index >= 15 is 0 Å². The Bertz CT molecular complexity index is 538.